The van der Waals surface area contributed by atoms with E-state index >= 15 is 0 Å². The van der Waals surface area contributed by atoms with Crippen molar-refractivity contribution in [3.05, 3.63) is 71.8 Å². The first-order chi connectivity index (χ1) is 11.9. The third kappa shape index (κ3) is 5.76. The lowest BCUT2D eigenvalue weighted by Gasteiger charge is -2.37. The molecule has 2 aromatic carbocycles. The SMILES string of the molecule is CN(C)[C@](C)(CNC(=O)/C=C/c1ccccc1)Cc1ccc(O)cc1. The maximum absolute atomic E-state index is 12.1. The van der Waals surface area contributed by atoms with Gasteiger partial charge in [0.1, 0.15) is 5.75 Å². The molecule has 0 aromatic heterocycles. The lowest BCUT2D eigenvalue weighted by Crippen LogP contribution is -2.51. The summed E-state index contributed by atoms with van der Waals surface area (Å²) < 4.78 is 0. The first kappa shape index (κ1) is 18.7. The zero-order valence-electron chi connectivity index (χ0n) is 15.1. The first-order valence-electron chi connectivity index (χ1n) is 8.35. The van der Waals surface area contributed by atoms with Crippen molar-refractivity contribution in [1.82, 2.24) is 10.2 Å². The number of carbonyl (C=O) groups is 1. The predicted molar refractivity (Wildman–Crippen MR) is 102 cm³/mol. The van der Waals surface area contributed by atoms with Crippen LogP contribution in [0.15, 0.2) is 60.7 Å². The number of nitrogens with one attached hydrogen (secondary N) is 1. The third-order valence-corrected chi connectivity index (χ3v) is 4.47. The zero-order chi connectivity index (χ0) is 18.3. The van der Waals surface area contributed by atoms with Gasteiger partial charge in [-0.2, -0.15) is 0 Å². The summed E-state index contributed by atoms with van der Waals surface area (Å²) in [7, 11) is 4.01. The number of hydrogen-bond donors (Lipinski definition) is 2. The second-order valence-corrected chi connectivity index (χ2v) is 6.70. The lowest BCUT2D eigenvalue weighted by atomic mass is 9.91. The molecule has 0 fully saturated rings. The van der Waals surface area contributed by atoms with E-state index in [9.17, 15) is 9.90 Å². The van der Waals surface area contributed by atoms with Gasteiger partial charge in [0.05, 0.1) is 0 Å². The van der Waals surface area contributed by atoms with E-state index in [1.54, 1.807) is 18.2 Å². The van der Waals surface area contributed by atoms with E-state index in [0.717, 1.165) is 17.5 Å². The molecule has 0 bridgehead atoms. The topological polar surface area (TPSA) is 52.6 Å². The maximum atomic E-state index is 12.1. The van der Waals surface area contributed by atoms with Crippen molar-refractivity contribution in [2.24, 2.45) is 0 Å². The number of hydrogen-bond acceptors (Lipinski definition) is 3. The average Bonchev–Trinajstić information content (AvgIpc) is 2.61. The van der Waals surface area contributed by atoms with Crippen LogP contribution in [0.2, 0.25) is 0 Å². The summed E-state index contributed by atoms with van der Waals surface area (Å²) >= 11 is 0. The minimum atomic E-state index is -0.229. The molecule has 1 amide bonds. The zero-order valence-corrected chi connectivity index (χ0v) is 15.1. The lowest BCUT2D eigenvalue weighted by molar-refractivity contribution is -0.117. The quantitative estimate of drug-likeness (QED) is 0.763. The summed E-state index contributed by atoms with van der Waals surface area (Å²) in [6.07, 6.45) is 4.14. The Morgan fingerprint density at radius 1 is 1.12 bits per heavy atom. The fraction of sp³-hybridized carbons (Fsp3) is 0.286. The van der Waals surface area contributed by atoms with Gasteiger partial charge in [-0.3, -0.25) is 4.79 Å². The largest absolute Gasteiger partial charge is 0.508 e. The Morgan fingerprint density at radius 2 is 1.76 bits per heavy atom. The van der Waals surface area contributed by atoms with E-state index in [2.05, 4.69) is 17.1 Å². The fourth-order valence-corrected chi connectivity index (χ4v) is 2.50. The van der Waals surface area contributed by atoms with Gasteiger partial charge in [-0.05, 0) is 56.8 Å². The van der Waals surface area contributed by atoms with Gasteiger partial charge >= 0.3 is 0 Å². The second-order valence-electron chi connectivity index (χ2n) is 6.70. The average molecular weight is 338 g/mol. The van der Waals surface area contributed by atoms with E-state index < -0.39 is 0 Å². The molecule has 0 aliphatic rings. The first-order valence-corrected chi connectivity index (χ1v) is 8.35. The maximum Gasteiger partial charge on any atom is 0.244 e. The summed E-state index contributed by atoms with van der Waals surface area (Å²) in [6, 6.07) is 16.9. The summed E-state index contributed by atoms with van der Waals surface area (Å²) in [4.78, 5) is 14.2. The van der Waals surface area contributed by atoms with E-state index in [1.165, 1.54) is 0 Å². The van der Waals surface area contributed by atoms with Gasteiger partial charge in [0.2, 0.25) is 5.91 Å². The van der Waals surface area contributed by atoms with E-state index in [-0.39, 0.29) is 17.2 Å². The number of benzene rings is 2. The highest BCUT2D eigenvalue weighted by atomic mass is 16.3. The molecular formula is C21H26N2O2. The number of nitrogens with zero attached hydrogens (tertiary/aromatic N) is 1. The van der Waals surface area contributed by atoms with Crippen LogP contribution in [0, 0.1) is 0 Å². The van der Waals surface area contributed by atoms with Gasteiger partial charge in [-0.25, -0.2) is 0 Å². The van der Waals surface area contributed by atoms with Crippen molar-refractivity contribution in [3.63, 3.8) is 0 Å². The van der Waals surface area contributed by atoms with Gasteiger partial charge in [0, 0.05) is 18.2 Å². The number of aromatic hydroxyl groups is 1. The third-order valence-electron chi connectivity index (χ3n) is 4.47. The molecule has 2 rings (SSSR count). The summed E-state index contributed by atoms with van der Waals surface area (Å²) in [5.74, 6) is 0.150. The van der Waals surface area contributed by atoms with Gasteiger partial charge < -0.3 is 15.3 Å². The number of likely N-dealkylation sites (N-methyl/N-ethyl adjacent to an activating group) is 1. The molecule has 25 heavy (non-hydrogen) atoms. The van der Waals surface area contributed by atoms with Gasteiger partial charge in [-0.1, -0.05) is 42.5 Å². The van der Waals surface area contributed by atoms with Gasteiger partial charge in [-0.15, -0.1) is 0 Å². The Labute approximate surface area is 149 Å². The van der Waals surface area contributed by atoms with Crippen LogP contribution in [-0.4, -0.2) is 42.1 Å². The normalized spacial score (nSPS) is 13.8. The van der Waals surface area contributed by atoms with Crippen LogP contribution < -0.4 is 5.32 Å². The van der Waals surface area contributed by atoms with Gasteiger partial charge in [0.15, 0.2) is 0 Å². The minimum Gasteiger partial charge on any atom is -0.508 e. The number of rotatable bonds is 7. The molecule has 4 heteroatoms. The molecule has 0 radical (unpaired) electrons. The predicted octanol–water partition coefficient (Wildman–Crippen LogP) is 3.08. The Kier molecular flexibility index (Phi) is 6.37. The molecule has 0 saturated heterocycles. The van der Waals surface area contributed by atoms with Crippen molar-refractivity contribution in [2.45, 2.75) is 18.9 Å². The van der Waals surface area contributed by atoms with Gasteiger partial charge in [0.25, 0.3) is 0 Å². The standard InChI is InChI=1S/C21H26N2O2/c1-21(23(2)3,15-18-9-12-19(24)13-10-18)16-22-20(25)14-11-17-7-5-4-6-8-17/h4-14,24H,15-16H2,1-3H3,(H,22,25)/b14-11+/t21-/m0/s1. The summed E-state index contributed by atoms with van der Waals surface area (Å²) in [6.45, 7) is 2.64. The number of phenolic OH excluding ortho intramolecular Hbond substituents is 1. The van der Waals surface area contributed by atoms with Crippen LogP contribution in [0.5, 0.6) is 5.75 Å². The van der Waals surface area contributed by atoms with E-state index in [4.69, 9.17) is 0 Å². The van der Waals surface area contributed by atoms with Crippen molar-refractivity contribution in [2.75, 3.05) is 20.6 Å². The summed E-state index contributed by atoms with van der Waals surface area (Å²) in [5, 5.41) is 12.4. The molecule has 0 saturated carbocycles. The van der Waals surface area contributed by atoms with E-state index in [0.29, 0.717) is 6.54 Å². The van der Waals surface area contributed by atoms with Crippen LogP contribution in [0.3, 0.4) is 0 Å². The highest BCUT2D eigenvalue weighted by Gasteiger charge is 2.27. The van der Waals surface area contributed by atoms with Crippen molar-refractivity contribution in [1.29, 1.82) is 0 Å². The molecule has 0 unspecified atom stereocenters. The van der Waals surface area contributed by atoms with Crippen LogP contribution in [0.25, 0.3) is 6.08 Å². The smallest absolute Gasteiger partial charge is 0.244 e. The second kappa shape index (κ2) is 8.49. The molecular weight excluding hydrogens is 312 g/mol. The molecule has 132 valence electrons. The van der Waals surface area contributed by atoms with Crippen LogP contribution in [0.1, 0.15) is 18.1 Å². The Morgan fingerprint density at radius 3 is 2.36 bits per heavy atom. The number of phenols is 1. The highest BCUT2D eigenvalue weighted by molar-refractivity contribution is 5.91. The van der Waals surface area contributed by atoms with E-state index in [1.807, 2.05) is 62.6 Å². The Bertz CT molecular complexity index is 708. The van der Waals surface area contributed by atoms with Crippen LogP contribution >= 0.6 is 0 Å². The Balaban J connectivity index is 1.97. The summed E-state index contributed by atoms with van der Waals surface area (Å²) in [5.41, 5.74) is 1.88. The highest BCUT2D eigenvalue weighted by Crippen LogP contribution is 2.20. The molecule has 0 heterocycles. The monoisotopic (exact) mass is 338 g/mol. The molecule has 0 spiro atoms. The molecule has 0 aliphatic heterocycles. The molecule has 1 atom stereocenters. The fourth-order valence-electron chi connectivity index (χ4n) is 2.50. The molecule has 4 nitrogen and oxygen atoms in total. The molecule has 2 aromatic rings. The number of carbonyl (C=O) groups excluding carboxylic acids is 1. The van der Waals surface area contributed by atoms with Crippen LogP contribution in [-0.2, 0) is 11.2 Å². The molecule has 0 aliphatic carbocycles. The Hall–Kier alpha value is -2.59. The number of amides is 1. The van der Waals surface area contributed by atoms with Crippen molar-refractivity contribution < 1.29 is 9.90 Å². The van der Waals surface area contributed by atoms with Crippen LogP contribution in [0.4, 0.5) is 0 Å². The molecule has 2 N–H and O–H groups in total. The van der Waals surface area contributed by atoms with Crippen molar-refractivity contribution in [3.8, 4) is 5.75 Å². The van der Waals surface area contributed by atoms with Crippen molar-refractivity contribution >= 4 is 12.0 Å². The minimum absolute atomic E-state index is 0.109.